The maximum Gasteiger partial charge on any atom is 0.407 e. The van der Waals surface area contributed by atoms with Crippen LogP contribution in [0.2, 0.25) is 0 Å². The third-order valence-electron chi connectivity index (χ3n) is 3.28. The zero-order valence-electron chi connectivity index (χ0n) is 11.6. The predicted molar refractivity (Wildman–Crippen MR) is 76.0 cm³/mol. The highest BCUT2D eigenvalue weighted by molar-refractivity contribution is 5.89. The van der Waals surface area contributed by atoms with Gasteiger partial charge in [0.1, 0.15) is 6.61 Å². The molecule has 0 saturated carbocycles. The molecule has 0 aliphatic carbocycles. The van der Waals surface area contributed by atoms with Gasteiger partial charge in [-0.1, -0.05) is 26.0 Å². The summed E-state index contributed by atoms with van der Waals surface area (Å²) in [6.07, 6.45) is -0.415. The van der Waals surface area contributed by atoms with E-state index in [1.165, 1.54) is 7.11 Å². The van der Waals surface area contributed by atoms with Crippen LogP contribution in [0.5, 0.6) is 0 Å². The Labute approximate surface area is 124 Å². The molecule has 1 saturated heterocycles. The lowest BCUT2D eigenvalue weighted by Gasteiger charge is -2.38. The summed E-state index contributed by atoms with van der Waals surface area (Å²) in [6, 6.07) is 6.90. The largest absolute Gasteiger partial charge is 0.465 e. The minimum Gasteiger partial charge on any atom is -0.465 e. The van der Waals surface area contributed by atoms with Crippen molar-refractivity contribution >= 4 is 24.5 Å². The number of alkyl carbamates (subject to hydrolysis) is 1. The second kappa shape index (κ2) is 6.13. The van der Waals surface area contributed by atoms with Gasteiger partial charge in [0.2, 0.25) is 0 Å². The van der Waals surface area contributed by atoms with E-state index in [9.17, 15) is 9.59 Å². The molecule has 20 heavy (non-hydrogen) atoms. The van der Waals surface area contributed by atoms with Crippen LogP contribution in [0.4, 0.5) is 4.79 Å². The minimum atomic E-state index is -0.415. The fourth-order valence-corrected chi connectivity index (χ4v) is 2.15. The second-order valence-electron chi connectivity index (χ2n) is 5.26. The van der Waals surface area contributed by atoms with Crippen molar-refractivity contribution in [2.45, 2.75) is 19.9 Å². The van der Waals surface area contributed by atoms with Gasteiger partial charge < -0.3 is 14.8 Å². The Balaban J connectivity index is 0.00000200. The monoisotopic (exact) mass is 299 g/mol. The van der Waals surface area contributed by atoms with Crippen LogP contribution in [0.3, 0.4) is 0 Å². The van der Waals surface area contributed by atoms with Crippen molar-refractivity contribution in [3.8, 4) is 0 Å². The molecule has 1 aliphatic heterocycles. The maximum absolute atomic E-state index is 11.4. The molecule has 1 aromatic rings. The molecule has 1 heterocycles. The van der Waals surface area contributed by atoms with Gasteiger partial charge in [0.25, 0.3) is 0 Å². The Kier molecular flexibility index (Phi) is 5.00. The van der Waals surface area contributed by atoms with Crippen molar-refractivity contribution in [1.29, 1.82) is 0 Å². The van der Waals surface area contributed by atoms with Gasteiger partial charge in [0.15, 0.2) is 0 Å². The zero-order chi connectivity index (χ0) is 14.0. The van der Waals surface area contributed by atoms with E-state index in [4.69, 9.17) is 4.74 Å². The van der Waals surface area contributed by atoms with E-state index in [0.717, 1.165) is 5.56 Å². The van der Waals surface area contributed by atoms with Gasteiger partial charge in [-0.3, -0.25) is 0 Å². The van der Waals surface area contributed by atoms with E-state index in [-0.39, 0.29) is 29.8 Å². The van der Waals surface area contributed by atoms with Crippen LogP contribution in [-0.2, 0) is 9.47 Å². The molecule has 1 aliphatic rings. The van der Waals surface area contributed by atoms with Crippen molar-refractivity contribution in [1.82, 2.24) is 5.32 Å². The number of methoxy groups -OCH3 is 1. The molecule has 6 heteroatoms. The molecule has 1 amide bonds. The van der Waals surface area contributed by atoms with Crippen LogP contribution in [0.15, 0.2) is 24.3 Å². The topological polar surface area (TPSA) is 64.6 Å². The van der Waals surface area contributed by atoms with Gasteiger partial charge in [0.05, 0.1) is 18.7 Å². The molecule has 1 atom stereocenters. The van der Waals surface area contributed by atoms with E-state index in [2.05, 4.69) is 10.1 Å². The van der Waals surface area contributed by atoms with Crippen LogP contribution in [0.25, 0.3) is 0 Å². The molecule has 1 N–H and O–H groups in total. The SMILES string of the molecule is COC(=O)c1ccc([C@@H]2NC(=O)OCC2(C)C)cc1.Cl. The van der Waals surface area contributed by atoms with Gasteiger partial charge in [-0.2, -0.15) is 0 Å². The lowest BCUT2D eigenvalue weighted by atomic mass is 9.80. The van der Waals surface area contributed by atoms with Crippen molar-refractivity contribution in [3.05, 3.63) is 35.4 Å². The number of carbonyl (C=O) groups excluding carboxylic acids is 2. The molecule has 110 valence electrons. The Hall–Kier alpha value is -1.75. The standard InChI is InChI=1S/C14H17NO4.ClH/c1-14(2)8-19-13(17)15-11(14)9-4-6-10(7-5-9)12(16)18-3;/h4-7,11H,8H2,1-3H3,(H,15,17);1H/t11-;/m0./s1. The molecule has 5 nitrogen and oxygen atoms in total. The number of cyclic esters (lactones) is 1. The lowest BCUT2D eigenvalue weighted by Crippen LogP contribution is -2.46. The highest BCUT2D eigenvalue weighted by Gasteiger charge is 2.37. The first-order valence-corrected chi connectivity index (χ1v) is 6.05. The third-order valence-corrected chi connectivity index (χ3v) is 3.28. The quantitative estimate of drug-likeness (QED) is 0.853. The van der Waals surface area contributed by atoms with Crippen molar-refractivity contribution < 1.29 is 19.1 Å². The summed E-state index contributed by atoms with van der Waals surface area (Å²) in [7, 11) is 1.35. The number of hydrogen-bond acceptors (Lipinski definition) is 4. The molecule has 0 radical (unpaired) electrons. The Morgan fingerprint density at radius 3 is 2.50 bits per heavy atom. The first kappa shape index (κ1) is 16.3. The summed E-state index contributed by atoms with van der Waals surface area (Å²) in [5, 5.41) is 2.81. The number of esters is 1. The van der Waals surface area contributed by atoms with Gasteiger partial charge in [-0.25, -0.2) is 9.59 Å². The fourth-order valence-electron chi connectivity index (χ4n) is 2.15. The molecule has 0 aromatic heterocycles. The maximum atomic E-state index is 11.4. The molecule has 1 fully saturated rings. The van der Waals surface area contributed by atoms with Gasteiger partial charge >= 0.3 is 12.1 Å². The molecule has 0 spiro atoms. The molecule has 1 aromatic carbocycles. The fraction of sp³-hybridized carbons (Fsp3) is 0.429. The van der Waals surface area contributed by atoms with E-state index in [1.54, 1.807) is 12.1 Å². The average molecular weight is 300 g/mol. The predicted octanol–water partition coefficient (Wildman–Crippen LogP) is 2.70. The summed E-state index contributed by atoms with van der Waals surface area (Å²) in [4.78, 5) is 22.7. The van der Waals surface area contributed by atoms with Crippen LogP contribution < -0.4 is 5.32 Å². The smallest absolute Gasteiger partial charge is 0.407 e. The average Bonchev–Trinajstić information content (AvgIpc) is 2.41. The van der Waals surface area contributed by atoms with Gasteiger partial charge in [0, 0.05) is 5.41 Å². The van der Waals surface area contributed by atoms with Gasteiger partial charge in [-0.05, 0) is 17.7 Å². The summed E-state index contributed by atoms with van der Waals surface area (Å²) in [5.41, 5.74) is 1.22. The summed E-state index contributed by atoms with van der Waals surface area (Å²) in [5.74, 6) is -0.373. The lowest BCUT2D eigenvalue weighted by molar-refractivity contribution is 0.0387. The number of halogens is 1. The zero-order valence-corrected chi connectivity index (χ0v) is 12.5. The highest BCUT2D eigenvalue weighted by atomic mass is 35.5. The number of benzene rings is 1. The Morgan fingerprint density at radius 1 is 1.35 bits per heavy atom. The van der Waals surface area contributed by atoms with E-state index < -0.39 is 6.09 Å². The second-order valence-corrected chi connectivity index (χ2v) is 5.26. The van der Waals surface area contributed by atoms with Crippen LogP contribution in [-0.4, -0.2) is 25.8 Å². The highest BCUT2D eigenvalue weighted by Crippen LogP contribution is 2.36. The third kappa shape index (κ3) is 3.22. The molecular formula is C14H18ClNO4. The van der Waals surface area contributed by atoms with Crippen LogP contribution in [0, 0.1) is 5.41 Å². The van der Waals surface area contributed by atoms with Crippen LogP contribution in [0.1, 0.15) is 35.8 Å². The number of hydrogen-bond donors (Lipinski definition) is 1. The molecule has 0 bridgehead atoms. The van der Waals surface area contributed by atoms with Crippen LogP contribution >= 0.6 is 12.4 Å². The van der Waals surface area contributed by atoms with Crippen molar-refractivity contribution in [3.63, 3.8) is 0 Å². The van der Waals surface area contributed by atoms with Gasteiger partial charge in [-0.15, -0.1) is 12.4 Å². The summed E-state index contributed by atoms with van der Waals surface area (Å²) in [6.45, 7) is 4.40. The Morgan fingerprint density at radius 2 is 1.95 bits per heavy atom. The Bertz CT molecular complexity index is 498. The number of nitrogens with one attached hydrogen (secondary N) is 1. The van der Waals surface area contributed by atoms with E-state index in [1.807, 2.05) is 26.0 Å². The number of amides is 1. The van der Waals surface area contributed by atoms with Crippen molar-refractivity contribution in [2.75, 3.05) is 13.7 Å². The van der Waals surface area contributed by atoms with Crippen molar-refractivity contribution in [2.24, 2.45) is 5.41 Å². The first-order valence-electron chi connectivity index (χ1n) is 6.05. The molecule has 2 rings (SSSR count). The van der Waals surface area contributed by atoms with E-state index >= 15 is 0 Å². The normalized spacial score (nSPS) is 20.1. The molecule has 0 unspecified atom stereocenters. The first-order chi connectivity index (χ1) is 8.94. The number of rotatable bonds is 2. The minimum absolute atomic E-state index is 0. The number of carbonyl (C=O) groups is 2. The molecular weight excluding hydrogens is 282 g/mol. The summed E-state index contributed by atoms with van der Waals surface area (Å²) >= 11 is 0. The van der Waals surface area contributed by atoms with E-state index in [0.29, 0.717) is 12.2 Å². The summed E-state index contributed by atoms with van der Waals surface area (Å²) < 4.78 is 9.65. The number of ether oxygens (including phenoxy) is 2.